The van der Waals surface area contributed by atoms with Crippen LogP contribution in [0.15, 0.2) is 11.6 Å². The molecule has 2 N–H and O–H groups in total. The van der Waals surface area contributed by atoms with Crippen LogP contribution < -0.4 is 0 Å². The Bertz CT molecular complexity index is 211. The second kappa shape index (κ2) is 8.44. The van der Waals surface area contributed by atoms with Crippen molar-refractivity contribution in [1.82, 2.24) is 0 Å². The van der Waals surface area contributed by atoms with Crippen molar-refractivity contribution in [3.8, 4) is 0 Å². The molecule has 0 aliphatic heterocycles. The van der Waals surface area contributed by atoms with Crippen molar-refractivity contribution in [2.24, 2.45) is 0 Å². The Morgan fingerprint density at radius 3 is 2.73 bits per heavy atom. The molecule has 0 fully saturated rings. The Kier molecular flexibility index (Phi) is 7.95. The maximum Gasteiger partial charge on any atom is 0.330 e. The number of aliphatic hydroxyl groups is 1. The van der Waals surface area contributed by atoms with Gasteiger partial charge in [-0.3, -0.25) is 0 Å². The molecule has 0 aromatic rings. The molecule has 0 aliphatic rings. The monoisotopic (exact) mass is 216 g/mol. The van der Waals surface area contributed by atoms with E-state index in [1.807, 2.05) is 0 Å². The van der Waals surface area contributed by atoms with Crippen LogP contribution in [0.25, 0.3) is 0 Å². The summed E-state index contributed by atoms with van der Waals surface area (Å²) in [6.45, 7) is 4.14. The van der Waals surface area contributed by atoms with E-state index in [9.17, 15) is 9.90 Å². The average molecular weight is 216 g/mol. The minimum atomic E-state index is -0.920. The van der Waals surface area contributed by atoms with Gasteiger partial charge in [-0.2, -0.15) is 0 Å². The van der Waals surface area contributed by atoms with Crippen molar-refractivity contribution < 1.29 is 19.7 Å². The number of aliphatic hydroxyl groups excluding tert-OH is 1. The number of allylic oxidation sites excluding steroid dienone is 1. The smallest absolute Gasteiger partial charge is 0.330 e. The van der Waals surface area contributed by atoms with Crippen LogP contribution in [0.1, 0.15) is 39.5 Å². The van der Waals surface area contributed by atoms with Crippen molar-refractivity contribution in [2.75, 3.05) is 6.61 Å². The zero-order valence-electron chi connectivity index (χ0n) is 9.40. The summed E-state index contributed by atoms with van der Waals surface area (Å²) < 4.78 is 5.10. The Hall–Kier alpha value is -0.870. The van der Waals surface area contributed by atoms with Crippen LogP contribution in [0.2, 0.25) is 0 Å². The zero-order valence-corrected chi connectivity index (χ0v) is 9.40. The molecule has 88 valence electrons. The van der Waals surface area contributed by atoms with Crippen LogP contribution in [-0.4, -0.2) is 29.1 Å². The zero-order chi connectivity index (χ0) is 11.7. The van der Waals surface area contributed by atoms with Gasteiger partial charge in [0.15, 0.2) is 6.29 Å². The highest BCUT2D eigenvalue weighted by Gasteiger charge is 2.03. The molecular weight excluding hydrogens is 196 g/mol. The predicted molar refractivity (Wildman–Crippen MR) is 57.5 cm³/mol. The number of carboxylic acid groups (broad SMARTS) is 1. The fourth-order valence-electron chi connectivity index (χ4n) is 0.977. The summed E-state index contributed by atoms with van der Waals surface area (Å²) in [6, 6.07) is 0. The summed E-state index contributed by atoms with van der Waals surface area (Å²) >= 11 is 0. The van der Waals surface area contributed by atoms with Crippen LogP contribution in [0, 0.1) is 0 Å². The standard InChI is InChI=1S/C11H20O4/c1-3-4-8-15-10(12)7-5-6-9(2)11(13)14/h6,10,12H,3-5,7-8H2,1-2H3,(H,13,14). The van der Waals surface area contributed by atoms with Crippen molar-refractivity contribution in [2.45, 2.75) is 45.8 Å². The summed E-state index contributed by atoms with van der Waals surface area (Å²) in [4.78, 5) is 10.4. The van der Waals surface area contributed by atoms with Crippen LogP contribution in [0.5, 0.6) is 0 Å². The summed E-state index contributed by atoms with van der Waals surface area (Å²) in [7, 11) is 0. The summed E-state index contributed by atoms with van der Waals surface area (Å²) in [5, 5.41) is 17.9. The number of ether oxygens (including phenoxy) is 1. The molecule has 0 aromatic heterocycles. The lowest BCUT2D eigenvalue weighted by Gasteiger charge is -2.10. The summed E-state index contributed by atoms with van der Waals surface area (Å²) in [5.74, 6) is -0.920. The number of unbranched alkanes of at least 4 members (excludes halogenated alkanes) is 1. The summed E-state index contributed by atoms with van der Waals surface area (Å²) in [5.41, 5.74) is 0.302. The van der Waals surface area contributed by atoms with E-state index in [0.717, 1.165) is 12.8 Å². The Balaban J connectivity index is 3.58. The molecule has 0 aliphatic carbocycles. The number of carbonyl (C=O) groups is 1. The SMILES string of the molecule is CCCCOC(O)CCC=C(C)C(=O)O. The third-order valence-corrected chi connectivity index (χ3v) is 2.01. The highest BCUT2D eigenvalue weighted by atomic mass is 16.6. The molecule has 0 radical (unpaired) electrons. The number of aliphatic carboxylic acids is 1. The molecule has 15 heavy (non-hydrogen) atoms. The fourth-order valence-corrected chi connectivity index (χ4v) is 0.977. The number of hydrogen-bond donors (Lipinski definition) is 2. The van der Waals surface area contributed by atoms with Crippen LogP contribution >= 0.6 is 0 Å². The minimum absolute atomic E-state index is 0.302. The molecule has 0 rings (SSSR count). The molecule has 1 atom stereocenters. The lowest BCUT2D eigenvalue weighted by atomic mass is 10.2. The number of carboxylic acids is 1. The van der Waals surface area contributed by atoms with Crippen molar-refractivity contribution in [3.63, 3.8) is 0 Å². The largest absolute Gasteiger partial charge is 0.478 e. The molecule has 4 nitrogen and oxygen atoms in total. The molecule has 1 unspecified atom stereocenters. The van der Waals surface area contributed by atoms with Crippen LogP contribution in [0.4, 0.5) is 0 Å². The third kappa shape index (κ3) is 8.15. The fraction of sp³-hybridized carbons (Fsp3) is 0.727. The normalized spacial score (nSPS) is 13.9. The van der Waals surface area contributed by atoms with Gasteiger partial charge in [0, 0.05) is 18.6 Å². The highest BCUT2D eigenvalue weighted by molar-refractivity contribution is 5.85. The van der Waals surface area contributed by atoms with Crippen molar-refractivity contribution in [3.05, 3.63) is 11.6 Å². The molecule has 0 amide bonds. The first-order valence-electron chi connectivity index (χ1n) is 5.27. The molecule has 0 bridgehead atoms. The molecular formula is C11H20O4. The van der Waals surface area contributed by atoms with E-state index in [0.29, 0.717) is 25.0 Å². The second-order valence-electron chi connectivity index (χ2n) is 3.45. The van der Waals surface area contributed by atoms with E-state index >= 15 is 0 Å². The van der Waals surface area contributed by atoms with Gasteiger partial charge in [-0.15, -0.1) is 0 Å². The van der Waals surface area contributed by atoms with Gasteiger partial charge in [0.2, 0.25) is 0 Å². The topological polar surface area (TPSA) is 66.8 Å². The highest BCUT2D eigenvalue weighted by Crippen LogP contribution is 2.04. The number of hydrogen-bond acceptors (Lipinski definition) is 3. The van der Waals surface area contributed by atoms with Crippen LogP contribution in [0.3, 0.4) is 0 Å². The van der Waals surface area contributed by atoms with E-state index in [2.05, 4.69) is 6.92 Å². The number of rotatable bonds is 8. The maximum absolute atomic E-state index is 10.4. The first-order chi connectivity index (χ1) is 7.07. The Labute approximate surface area is 90.6 Å². The Morgan fingerprint density at radius 1 is 1.53 bits per heavy atom. The van der Waals surface area contributed by atoms with Gasteiger partial charge in [0.25, 0.3) is 0 Å². The van der Waals surface area contributed by atoms with Gasteiger partial charge < -0.3 is 14.9 Å². The van der Waals surface area contributed by atoms with Gasteiger partial charge in [-0.25, -0.2) is 4.79 Å². The quantitative estimate of drug-likeness (QED) is 0.369. The van der Waals surface area contributed by atoms with Gasteiger partial charge in [0.05, 0.1) is 0 Å². The first-order valence-corrected chi connectivity index (χ1v) is 5.27. The molecule has 0 saturated heterocycles. The molecule has 0 aromatic carbocycles. The van der Waals surface area contributed by atoms with E-state index in [4.69, 9.17) is 9.84 Å². The third-order valence-electron chi connectivity index (χ3n) is 2.01. The molecule has 0 saturated carbocycles. The van der Waals surface area contributed by atoms with Gasteiger partial charge in [0.1, 0.15) is 0 Å². The lowest BCUT2D eigenvalue weighted by Crippen LogP contribution is -2.12. The van der Waals surface area contributed by atoms with E-state index in [-0.39, 0.29) is 0 Å². The Morgan fingerprint density at radius 2 is 2.20 bits per heavy atom. The van der Waals surface area contributed by atoms with Gasteiger partial charge >= 0.3 is 5.97 Å². The van der Waals surface area contributed by atoms with Crippen molar-refractivity contribution >= 4 is 5.97 Å². The van der Waals surface area contributed by atoms with E-state index < -0.39 is 12.3 Å². The van der Waals surface area contributed by atoms with Gasteiger partial charge in [-0.1, -0.05) is 19.4 Å². The average Bonchev–Trinajstić information content (AvgIpc) is 2.18. The predicted octanol–water partition coefficient (Wildman–Crippen LogP) is 1.93. The van der Waals surface area contributed by atoms with Crippen molar-refractivity contribution in [1.29, 1.82) is 0 Å². The lowest BCUT2D eigenvalue weighted by molar-refractivity contribution is -0.132. The van der Waals surface area contributed by atoms with Crippen LogP contribution in [-0.2, 0) is 9.53 Å². The van der Waals surface area contributed by atoms with E-state index in [1.54, 1.807) is 6.08 Å². The van der Waals surface area contributed by atoms with E-state index in [1.165, 1.54) is 6.92 Å². The maximum atomic E-state index is 10.4. The minimum Gasteiger partial charge on any atom is -0.478 e. The first kappa shape index (κ1) is 14.1. The molecule has 4 heteroatoms. The second-order valence-corrected chi connectivity index (χ2v) is 3.45. The molecule has 0 heterocycles. The summed E-state index contributed by atoms with van der Waals surface area (Å²) in [6.07, 6.45) is 3.73. The van der Waals surface area contributed by atoms with Gasteiger partial charge in [-0.05, 0) is 19.8 Å². The molecule has 0 spiro atoms.